The van der Waals surface area contributed by atoms with Gasteiger partial charge in [-0.25, -0.2) is 28.7 Å². The van der Waals surface area contributed by atoms with E-state index < -0.39 is 34.0 Å². The molecule has 238 valence electrons. The molecule has 0 aliphatic carbocycles. The summed E-state index contributed by atoms with van der Waals surface area (Å²) in [4.78, 5) is 41.2. The molecular weight excluding hydrogens is 626 g/mol. The fraction of sp³-hybridized carbons (Fsp3) is 0.267. The Bertz CT molecular complexity index is 1770. The molecule has 0 radical (unpaired) electrons. The Balaban J connectivity index is 0.000000246. The van der Waals surface area contributed by atoms with Gasteiger partial charge in [-0.1, -0.05) is 25.6 Å². The third kappa shape index (κ3) is 8.16. The molecule has 0 aliphatic rings. The molecule has 0 bridgehead atoms. The van der Waals surface area contributed by atoms with Crippen LogP contribution in [-0.2, 0) is 10.8 Å². The van der Waals surface area contributed by atoms with Crippen LogP contribution in [0.25, 0.3) is 0 Å². The van der Waals surface area contributed by atoms with Crippen molar-refractivity contribution in [3.63, 3.8) is 0 Å². The van der Waals surface area contributed by atoms with Crippen molar-refractivity contribution in [2.45, 2.75) is 38.0 Å². The van der Waals surface area contributed by atoms with Crippen LogP contribution in [0.1, 0.15) is 56.8 Å². The summed E-state index contributed by atoms with van der Waals surface area (Å²) in [6, 6.07) is 4.77. The number of halogens is 2. The van der Waals surface area contributed by atoms with Gasteiger partial charge >= 0.3 is 0 Å². The minimum Gasteiger partial charge on any atom is -0.496 e. The van der Waals surface area contributed by atoms with E-state index in [1.807, 2.05) is 6.92 Å². The number of rotatable bonds is 10. The van der Waals surface area contributed by atoms with E-state index in [4.69, 9.17) is 20.9 Å². The molecule has 0 spiro atoms. The number of hydrogen-bond acceptors (Lipinski definition) is 12. The lowest BCUT2D eigenvalue weighted by Crippen LogP contribution is -2.13. The number of hydrogen-bond donors (Lipinski definition) is 2. The van der Waals surface area contributed by atoms with Gasteiger partial charge in [-0.15, -0.1) is 0 Å². The van der Waals surface area contributed by atoms with Gasteiger partial charge in [-0.3, -0.25) is 13.8 Å². The molecular formula is C30H32F2N6O5S2. The Labute approximate surface area is 265 Å². The van der Waals surface area contributed by atoms with Crippen molar-refractivity contribution in [1.82, 2.24) is 19.9 Å². The Morgan fingerprint density at radius 3 is 1.67 bits per heavy atom. The van der Waals surface area contributed by atoms with Crippen LogP contribution in [0, 0.1) is 25.5 Å². The lowest BCUT2D eigenvalue weighted by molar-refractivity contribution is 0.102. The van der Waals surface area contributed by atoms with E-state index in [0.717, 1.165) is 17.9 Å². The zero-order valence-corrected chi connectivity index (χ0v) is 27.1. The van der Waals surface area contributed by atoms with E-state index in [0.29, 0.717) is 27.8 Å². The number of ketones is 2. The van der Waals surface area contributed by atoms with Crippen LogP contribution in [0.4, 0.5) is 20.4 Å². The highest BCUT2D eigenvalue weighted by atomic mass is 32.2. The number of ether oxygens (including phenoxy) is 2. The monoisotopic (exact) mass is 658 g/mol. The topological polar surface area (TPSA) is 173 Å². The molecule has 0 saturated heterocycles. The largest absolute Gasteiger partial charge is 0.496 e. The SMILES string of the molecule is CCS(=O)c1ncc(C(=O)c2cc(F)cc(C)c2OC)c(N)n1.CCSc1ncc(C(=O)c2cc(F)cc(C)c2OC)c(N)n1. The zero-order valence-electron chi connectivity index (χ0n) is 25.4. The lowest BCUT2D eigenvalue weighted by atomic mass is 10.0. The summed E-state index contributed by atoms with van der Waals surface area (Å²) >= 11 is 1.42. The molecule has 0 aliphatic heterocycles. The zero-order chi connectivity index (χ0) is 33.4. The maximum atomic E-state index is 13.6. The molecule has 2 aromatic heterocycles. The second-order valence-electron chi connectivity index (χ2n) is 9.24. The van der Waals surface area contributed by atoms with Gasteiger partial charge < -0.3 is 20.9 Å². The number of thioether (sulfide) groups is 1. The smallest absolute Gasteiger partial charge is 0.220 e. The van der Waals surface area contributed by atoms with Gasteiger partial charge in [-0.05, 0) is 55.0 Å². The summed E-state index contributed by atoms with van der Waals surface area (Å²) < 4.78 is 49.3. The van der Waals surface area contributed by atoms with Crippen LogP contribution in [0.5, 0.6) is 11.5 Å². The summed E-state index contributed by atoms with van der Waals surface area (Å²) in [5.41, 5.74) is 12.9. The summed E-state index contributed by atoms with van der Waals surface area (Å²) in [5.74, 6) is -0.428. The van der Waals surface area contributed by atoms with Crippen LogP contribution >= 0.6 is 11.8 Å². The average molecular weight is 659 g/mol. The lowest BCUT2D eigenvalue weighted by Gasteiger charge is -2.12. The maximum Gasteiger partial charge on any atom is 0.220 e. The van der Waals surface area contributed by atoms with Crippen LogP contribution in [0.3, 0.4) is 0 Å². The molecule has 15 heteroatoms. The highest BCUT2D eigenvalue weighted by molar-refractivity contribution is 7.99. The highest BCUT2D eigenvalue weighted by Crippen LogP contribution is 2.30. The van der Waals surface area contributed by atoms with Gasteiger partial charge in [0.2, 0.25) is 16.7 Å². The normalized spacial score (nSPS) is 11.3. The first kappa shape index (κ1) is 35.0. The van der Waals surface area contributed by atoms with E-state index >= 15 is 0 Å². The van der Waals surface area contributed by atoms with Crippen molar-refractivity contribution in [3.8, 4) is 11.5 Å². The summed E-state index contributed by atoms with van der Waals surface area (Å²) in [6.45, 7) is 6.98. The molecule has 2 aromatic carbocycles. The highest BCUT2D eigenvalue weighted by Gasteiger charge is 2.23. The quantitative estimate of drug-likeness (QED) is 0.136. The predicted molar refractivity (Wildman–Crippen MR) is 168 cm³/mol. The molecule has 0 saturated carbocycles. The van der Waals surface area contributed by atoms with Crippen LogP contribution in [-0.4, -0.2) is 61.4 Å². The van der Waals surface area contributed by atoms with Crippen LogP contribution < -0.4 is 20.9 Å². The summed E-state index contributed by atoms with van der Waals surface area (Å²) in [5, 5.41) is 0.558. The Morgan fingerprint density at radius 2 is 1.27 bits per heavy atom. The average Bonchev–Trinajstić information content (AvgIpc) is 3.00. The van der Waals surface area contributed by atoms with E-state index in [2.05, 4.69) is 19.9 Å². The predicted octanol–water partition coefficient (Wildman–Crippen LogP) is 4.73. The number of benzene rings is 2. The van der Waals surface area contributed by atoms with Gasteiger partial charge in [0.05, 0.1) is 47.3 Å². The first-order valence-corrected chi connectivity index (χ1v) is 15.7. The minimum absolute atomic E-state index is 0.00477. The molecule has 4 aromatic rings. The third-order valence-corrected chi connectivity index (χ3v) is 8.07. The summed E-state index contributed by atoms with van der Waals surface area (Å²) in [7, 11) is 1.44. The van der Waals surface area contributed by atoms with Gasteiger partial charge in [0.1, 0.15) is 34.8 Å². The Hall–Kier alpha value is -4.50. The molecule has 0 amide bonds. The van der Waals surface area contributed by atoms with Gasteiger partial charge in [0.15, 0.2) is 5.16 Å². The van der Waals surface area contributed by atoms with E-state index in [9.17, 15) is 22.6 Å². The van der Waals surface area contributed by atoms with Gasteiger partial charge in [0, 0.05) is 18.1 Å². The van der Waals surface area contributed by atoms with Gasteiger partial charge in [-0.2, -0.15) is 0 Å². The number of methoxy groups -OCH3 is 2. The number of carbonyl (C=O) groups is 2. The molecule has 2 heterocycles. The molecule has 11 nitrogen and oxygen atoms in total. The van der Waals surface area contributed by atoms with Crippen molar-refractivity contribution in [2.24, 2.45) is 0 Å². The van der Waals surface area contributed by atoms with Crippen molar-refractivity contribution in [1.29, 1.82) is 0 Å². The van der Waals surface area contributed by atoms with Crippen molar-refractivity contribution in [2.75, 3.05) is 37.2 Å². The molecule has 0 fully saturated rings. The van der Waals surface area contributed by atoms with Crippen molar-refractivity contribution < 1.29 is 32.1 Å². The van der Waals surface area contributed by atoms with E-state index in [-0.39, 0.29) is 44.8 Å². The first-order valence-electron chi connectivity index (χ1n) is 13.4. The molecule has 45 heavy (non-hydrogen) atoms. The number of carbonyl (C=O) groups excluding carboxylic acids is 2. The van der Waals surface area contributed by atoms with Crippen molar-refractivity contribution in [3.05, 3.63) is 81.7 Å². The molecule has 1 unspecified atom stereocenters. The second-order valence-corrected chi connectivity index (χ2v) is 12.1. The summed E-state index contributed by atoms with van der Waals surface area (Å²) in [6.07, 6.45) is 2.57. The maximum absolute atomic E-state index is 13.6. The number of nitrogen functional groups attached to an aromatic ring is 2. The van der Waals surface area contributed by atoms with E-state index in [1.165, 1.54) is 50.5 Å². The van der Waals surface area contributed by atoms with E-state index in [1.54, 1.807) is 20.8 Å². The Morgan fingerprint density at radius 1 is 0.800 bits per heavy atom. The number of anilines is 2. The number of aryl methyl sites for hydroxylation is 2. The molecule has 4 N–H and O–H groups in total. The third-order valence-electron chi connectivity index (χ3n) is 6.20. The number of aromatic nitrogens is 4. The Kier molecular flexibility index (Phi) is 12.0. The minimum atomic E-state index is -1.38. The number of nitrogens with two attached hydrogens (primary N) is 2. The fourth-order valence-electron chi connectivity index (χ4n) is 4.17. The number of nitrogens with zero attached hydrogens (tertiary/aromatic N) is 4. The van der Waals surface area contributed by atoms with Gasteiger partial charge in [0.25, 0.3) is 0 Å². The first-order chi connectivity index (χ1) is 21.4. The van der Waals surface area contributed by atoms with Crippen LogP contribution in [0.2, 0.25) is 0 Å². The molecule has 1 atom stereocenters. The standard InChI is InChI=1S/C15H16FN3O3S.C15H16FN3O2S/c1-4-23(21)15-18-7-11(14(17)19-15)12(20)10-6-9(16)5-8(2)13(10)22-3;1-4-22-15-18-7-11(14(17)19-15)12(20)10-6-9(16)5-8(2)13(10)21-3/h5-7H,4H2,1-3H3,(H2,17,18,19);5-7H,4H2,1-3H3,(H2,17,18,19). The van der Waals surface area contributed by atoms with Crippen LogP contribution in [0.15, 0.2) is 47.0 Å². The molecule has 4 rings (SSSR count). The van der Waals surface area contributed by atoms with Crippen molar-refractivity contribution >= 4 is 45.8 Å². The fourth-order valence-corrected chi connectivity index (χ4v) is 5.35. The second kappa shape index (κ2) is 15.5.